The topological polar surface area (TPSA) is 72.2 Å². The normalized spacial score (nSPS) is 13.8. The maximum Gasteiger partial charge on any atom is 0.512 e. The number of halogens is 3. The summed E-state index contributed by atoms with van der Waals surface area (Å²) in [5, 5.41) is 0. The summed E-state index contributed by atoms with van der Waals surface area (Å²) in [6.45, 7) is 0. The van der Waals surface area contributed by atoms with E-state index in [1.165, 1.54) is 0 Å². The van der Waals surface area contributed by atoms with Crippen molar-refractivity contribution < 1.29 is 21.6 Å². The van der Waals surface area contributed by atoms with Gasteiger partial charge in [0, 0.05) is 0 Å². The Morgan fingerprint density at radius 3 is 1.67 bits per heavy atom. The second-order valence-electron chi connectivity index (χ2n) is 1.07. The van der Waals surface area contributed by atoms with Crippen molar-refractivity contribution in [2.24, 2.45) is 5.84 Å². The highest BCUT2D eigenvalue weighted by Crippen LogP contribution is 2.20. The Kier molecular flexibility index (Phi) is 2.04. The zero-order valence-electron chi connectivity index (χ0n) is 3.94. The zero-order chi connectivity index (χ0) is 7.71. The lowest BCUT2D eigenvalue weighted by Crippen LogP contribution is -2.40. The Morgan fingerprint density at radius 1 is 1.33 bits per heavy atom. The average Bonchev–Trinajstić information content (AvgIpc) is 1.64. The van der Waals surface area contributed by atoms with Crippen molar-refractivity contribution in [2.75, 3.05) is 0 Å². The van der Waals surface area contributed by atoms with Crippen LogP contribution in [0, 0.1) is 0 Å². The predicted molar refractivity (Wildman–Crippen MR) is 22.3 cm³/mol. The summed E-state index contributed by atoms with van der Waals surface area (Å²) in [4.78, 5) is 0.628. The van der Waals surface area contributed by atoms with E-state index in [2.05, 4.69) is 5.84 Å². The number of sulfonamides is 1. The van der Waals surface area contributed by atoms with Crippen molar-refractivity contribution in [3.05, 3.63) is 0 Å². The smallest absolute Gasteiger partial charge is 0.257 e. The molecule has 0 aliphatic carbocycles. The Bertz CT molecular complexity index is 180. The van der Waals surface area contributed by atoms with Gasteiger partial charge in [0.25, 0.3) is 0 Å². The highest BCUT2D eigenvalue weighted by atomic mass is 32.2. The molecule has 4 nitrogen and oxygen atoms in total. The van der Waals surface area contributed by atoms with Gasteiger partial charge in [-0.15, -0.1) is 4.83 Å². The standard InChI is InChI=1S/CH3F3N2O2S/c2-1(3,4)9(7,8)6-5/h6H,5H2. The SMILES string of the molecule is NNS(=O)(=O)C(F)(F)F. The third kappa shape index (κ3) is 1.80. The molecule has 56 valence electrons. The molecular formula is CH3F3N2O2S. The first-order valence-electron chi connectivity index (χ1n) is 1.60. The first kappa shape index (κ1) is 8.66. The summed E-state index contributed by atoms with van der Waals surface area (Å²) < 4.78 is 52.6. The monoisotopic (exact) mass is 164 g/mol. The van der Waals surface area contributed by atoms with Crippen LogP contribution in [0.1, 0.15) is 0 Å². The lowest BCUT2D eigenvalue weighted by Gasteiger charge is -2.03. The maximum atomic E-state index is 11.1. The summed E-state index contributed by atoms with van der Waals surface area (Å²) in [5.74, 6) is 4.03. The highest BCUT2D eigenvalue weighted by molar-refractivity contribution is 7.90. The fourth-order valence-electron chi connectivity index (χ4n) is 0.0668. The molecule has 8 heteroatoms. The Labute approximate surface area is 48.9 Å². The molecule has 0 saturated carbocycles. The molecule has 0 aliphatic rings. The van der Waals surface area contributed by atoms with Crippen molar-refractivity contribution in [3.63, 3.8) is 0 Å². The molecule has 3 N–H and O–H groups in total. The molecule has 0 atom stereocenters. The van der Waals surface area contributed by atoms with Gasteiger partial charge in [0.2, 0.25) is 0 Å². The van der Waals surface area contributed by atoms with Gasteiger partial charge in [-0.1, -0.05) is 0 Å². The molecule has 0 fully saturated rings. The van der Waals surface area contributed by atoms with Gasteiger partial charge in [0.15, 0.2) is 0 Å². The fraction of sp³-hybridized carbons (Fsp3) is 1.00. The molecule has 0 rings (SSSR count). The van der Waals surface area contributed by atoms with E-state index in [0.717, 1.165) is 0 Å². The molecule has 0 amide bonds. The van der Waals surface area contributed by atoms with Gasteiger partial charge in [0.05, 0.1) is 0 Å². The maximum absolute atomic E-state index is 11.1. The van der Waals surface area contributed by atoms with E-state index < -0.39 is 15.5 Å². The van der Waals surface area contributed by atoms with Crippen LogP contribution in [0.2, 0.25) is 0 Å². The molecule has 0 bridgehead atoms. The number of alkyl halides is 3. The molecule has 0 aromatic rings. The van der Waals surface area contributed by atoms with Crippen molar-refractivity contribution in [3.8, 4) is 0 Å². The highest BCUT2D eigenvalue weighted by Gasteiger charge is 2.45. The lowest BCUT2D eigenvalue weighted by atomic mass is 11.6. The predicted octanol–water partition coefficient (Wildman–Crippen LogP) is -0.701. The van der Waals surface area contributed by atoms with E-state index in [1.807, 2.05) is 0 Å². The van der Waals surface area contributed by atoms with Crippen LogP contribution in [-0.4, -0.2) is 13.9 Å². The number of hydrazine groups is 1. The molecule has 0 aromatic heterocycles. The van der Waals surface area contributed by atoms with Crippen molar-refractivity contribution in [1.82, 2.24) is 4.83 Å². The molecular weight excluding hydrogens is 161 g/mol. The molecule has 0 aromatic carbocycles. The molecule has 9 heavy (non-hydrogen) atoms. The molecule has 0 spiro atoms. The number of hydrogen-bond acceptors (Lipinski definition) is 3. The summed E-state index contributed by atoms with van der Waals surface area (Å²) in [6.07, 6.45) is 0. The molecule has 0 saturated heterocycles. The van der Waals surface area contributed by atoms with Crippen LogP contribution in [0.3, 0.4) is 0 Å². The molecule has 0 heterocycles. The second-order valence-corrected chi connectivity index (χ2v) is 2.77. The van der Waals surface area contributed by atoms with Crippen LogP contribution >= 0.6 is 0 Å². The summed E-state index contributed by atoms with van der Waals surface area (Å²) in [5.41, 5.74) is -5.32. The van der Waals surface area contributed by atoms with E-state index >= 15 is 0 Å². The van der Waals surface area contributed by atoms with Crippen LogP contribution in [0.15, 0.2) is 0 Å². The van der Waals surface area contributed by atoms with Crippen molar-refractivity contribution in [2.45, 2.75) is 5.51 Å². The minimum Gasteiger partial charge on any atom is -0.257 e. The van der Waals surface area contributed by atoms with Gasteiger partial charge in [-0.2, -0.15) is 13.2 Å². The van der Waals surface area contributed by atoms with E-state index in [1.54, 1.807) is 0 Å². The lowest BCUT2D eigenvalue weighted by molar-refractivity contribution is -0.0447. The summed E-state index contributed by atoms with van der Waals surface area (Å²) in [6, 6.07) is 0. The Morgan fingerprint density at radius 2 is 1.67 bits per heavy atom. The van der Waals surface area contributed by atoms with Crippen LogP contribution in [-0.2, 0) is 10.0 Å². The van der Waals surface area contributed by atoms with E-state index in [0.29, 0.717) is 4.83 Å². The van der Waals surface area contributed by atoms with Gasteiger partial charge in [-0.3, -0.25) is 5.84 Å². The van der Waals surface area contributed by atoms with Gasteiger partial charge >= 0.3 is 15.5 Å². The Balaban J connectivity index is 4.57. The third-order valence-electron chi connectivity index (χ3n) is 0.460. The number of hydrogen-bond donors (Lipinski definition) is 2. The van der Waals surface area contributed by atoms with E-state index in [4.69, 9.17) is 0 Å². The number of nitrogens with one attached hydrogen (secondary N) is 1. The Hall–Kier alpha value is -0.340. The van der Waals surface area contributed by atoms with Gasteiger partial charge < -0.3 is 0 Å². The molecule has 0 aliphatic heterocycles. The van der Waals surface area contributed by atoms with Gasteiger partial charge in [-0.05, 0) is 0 Å². The minimum atomic E-state index is -5.32. The summed E-state index contributed by atoms with van der Waals surface area (Å²) in [7, 11) is -5.31. The van der Waals surface area contributed by atoms with E-state index in [9.17, 15) is 21.6 Å². The zero-order valence-corrected chi connectivity index (χ0v) is 4.75. The van der Waals surface area contributed by atoms with E-state index in [-0.39, 0.29) is 0 Å². The molecule has 0 radical (unpaired) electrons. The summed E-state index contributed by atoms with van der Waals surface area (Å²) >= 11 is 0. The quantitative estimate of drug-likeness (QED) is 0.397. The van der Waals surface area contributed by atoms with Crippen molar-refractivity contribution in [1.29, 1.82) is 0 Å². The minimum absolute atomic E-state index is 0.628. The molecule has 0 unspecified atom stereocenters. The largest absolute Gasteiger partial charge is 0.512 e. The average molecular weight is 164 g/mol. The fourth-order valence-corrected chi connectivity index (χ4v) is 0.200. The second kappa shape index (κ2) is 2.12. The van der Waals surface area contributed by atoms with Crippen LogP contribution in [0.5, 0.6) is 0 Å². The number of rotatable bonds is 1. The third-order valence-corrected chi connectivity index (χ3v) is 1.38. The van der Waals surface area contributed by atoms with Crippen LogP contribution < -0.4 is 10.7 Å². The first-order valence-corrected chi connectivity index (χ1v) is 3.08. The number of nitrogens with two attached hydrogens (primary N) is 1. The van der Waals surface area contributed by atoms with Crippen molar-refractivity contribution >= 4 is 10.0 Å². The van der Waals surface area contributed by atoms with Crippen LogP contribution in [0.4, 0.5) is 13.2 Å². The van der Waals surface area contributed by atoms with Gasteiger partial charge in [-0.25, -0.2) is 8.42 Å². The van der Waals surface area contributed by atoms with Gasteiger partial charge in [0.1, 0.15) is 0 Å². The van der Waals surface area contributed by atoms with Crippen LogP contribution in [0.25, 0.3) is 0 Å². The first-order chi connectivity index (χ1) is 3.81.